The number of rotatable bonds is 6. The molecule has 0 spiro atoms. The highest BCUT2D eigenvalue weighted by Gasteiger charge is 2.21. The van der Waals surface area contributed by atoms with Crippen LogP contribution in [0.1, 0.15) is 75.2 Å². The van der Waals surface area contributed by atoms with Crippen LogP contribution in [0.25, 0.3) is 0 Å². The predicted octanol–water partition coefficient (Wildman–Crippen LogP) is 3.57. The first-order chi connectivity index (χ1) is 8.10. The van der Waals surface area contributed by atoms with E-state index in [0.717, 1.165) is 42.6 Å². The van der Waals surface area contributed by atoms with Crippen LogP contribution in [0.3, 0.4) is 0 Å². The van der Waals surface area contributed by atoms with Gasteiger partial charge in [-0.3, -0.25) is 9.48 Å². The molecule has 0 amide bonds. The Hall–Kier alpha value is -1.12. The number of hydrogen-bond donors (Lipinski definition) is 0. The summed E-state index contributed by atoms with van der Waals surface area (Å²) in [4.78, 5) is 11.8. The Kier molecular flexibility index (Phi) is 4.91. The molecule has 1 aromatic rings. The van der Waals surface area contributed by atoms with Gasteiger partial charge in [0.15, 0.2) is 5.78 Å². The van der Waals surface area contributed by atoms with Gasteiger partial charge in [-0.05, 0) is 32.6 Å². The minimum atomic E-state index is 0.149. The fourth-order valence-electron chi connectivity index (χ4n) is 2.45. The minimum Gasteiger partial charge on any atom is -0.294 e. The number of Topliss-reactive ketones (excluding diaryl/α,β-unsaturated/α-hetero) is 1. The zero-order valence-electron chi connectivity index (χ0n) is 11.7. The summed E-state index contributed by atoms with van der Waals surface area (Å²) in [5.41, 5.74) is 2.94. The quantitative estimate of drug-likeness (QED) is 0.708. The third kappa shape index (κ3) is 2.59. The molecule has 0 fully saturated rings. The van der Waals surface area contributed by atoms with Gasteiger partial charge in [-0.1, -0.05) is 27.7 Å². The molecule has 0 aromatic carbocycles. The molecule has 0 unspecified atom stereocenters. The molecular formula is C14H24N2O. The van der Waals surface area contributed by atoms with E-state index in [4.69, 9.17) is 0 Å². The third-order valence-corrected chi connectivity index (χ3v) is 3.39. The Bertz CT molecular complexity index is 389. The molecule has 1 heterocycles. The van der Waals surface area contributed by atoms with Crippen LogP contribution >= 0.6 is 0 Å². The van der Waals surface area contributed by atoms with Crippen LogP contribution in [0.15, 0.2) is 0 Å². The number of ketones is 1. The van der Waals surface area contributed by atoms with Crippen LogP contribution in [-0.2, 0) is 12.8 Å². The summed E-state index contributed by atoms with van der Waals surface area (Å²) in [6, 6.07) is 0.420. The SMILES string of the molecule is CCc1nn(C(CC)CC)c(CC)c1C(C)=O. The van der Waals surface area contributed by atoms with Gasteiger partial charge in [0.05, 0.1) is 17.3 Å². The van der Waals surface area contributed by atoms with Crippen molar-refractivity contribution >= 4 is 5.78 Å². The summed E-state index contributed by atoms with van der Waals surface area (Å²) in [7, 11) is 0. The molecule has 3 nitrogen and oxygen atoms in total. The largest absolute Gasteiger partial charge is 0.294 e. The molecule has 0 N–H and O–H groups in total. The molecule has 0 saturated carbocycles. The van der Waals surface area contributed by atoms with Gasteiger partial charge in [0, 0.05) is 5.69 Å². The normalized spacial score (nSPS) is 11.2. The average Bonchev–Trinajstić information content (AvgIpc) is 2.69. The Balaban J connectivity index is 3.36. The van der Waals surface area contributed by atoms with Crippen molar-refractivity contribution in [2.45, 2.75) is 66.3 Å². The van der Waals surface area contributed by atoms with E-state index in [-0.39, 0.29) is 5.78 Å². The van der Waals surface area contributed by atoms with Gasteiger partial charge in [0.1, 0.15) is 0 Å². The number of carbonyl (C=O) groups excluding carboxylic acids is 1. The number of carbonyl (C=O) groups is 1. The van der Waals surface area contributed by atoms with Crippen LogP contribution in [0.4, 0.5) is 0 Å². The maximum atomic E-state index is 11.8. The smallest absolute Gasteiger partial charge is 0.163 e. The first-order valence-electron chi connectivity index (χ1n) is 6.71. The second-order valence-electron chi connectivity index (χ2n) is 4.45. The summed E-state index contributed by atoms with van der Waals surface area (Å²) in [5.74, 6) is 0.149. The van der Waals surface area contributed by atoms with Gasteiger partial charge < -0.3 is 0 Å². The van der Waals surface area contributed by atoms with Crippen molar-refractivity contribution in [1.29, 1.82) is 0 Å². The molecule has 0 saturated heterocycles. The van der Waals surface area contributed by atoms with Gasteiger partial charge >= 0.3 is 0 Å². The molecule has 3 heteroatoms. The van der Waals surface area contributed by atoms with Crippen LogP contribution in [0.2, 0.25) is 0 Å². The second kappa shape index (κ2) is 5.99. The van der Waals surface area contributed by atoms with Crippen LogP contribution in [0, 0.1) is 0 Å². The molecule has 0 bridgehead atoms. The standard InChI is InChI=1S/C14H24N2O/c1-6-11(7-2)16-13(9-4)14(10(5)17)12(8-3)15-16/h11H,6-9H2,1-5H3. The lowest BCUT2D eigenvalue weighted by molar-refractivity contribution is 0.101. The van der Waals surface area contributed by atoms with Gasteiger partial charge in [-0.2, -0.15) is 5.10 Å². The Morgan fingerprint density at radius 2 is 1.76 bits per heavy atom. The zero-order valence-corrected chi connectivity index (χ0v) is 11.7. The fraction of sp³-hybridized carbons (Fsp3) is 0.714. The summed E-state index contributed by atoms with van der Waals surface area (Å²) in [6.45, 7) is 10.2. The number of aryl methyl sites for hydroxylation is 1. The van der Waals surface area contributed by atoms with Crippen molar-refractivity contribution in [3.05, 3.63) is 17.0 Å². The molecule has 17 heavy (non-hydrogen) atoms. The Morgan fingerprint density at radius 1 is 1.18 bits per heavy atom. The van der Waals surface area contributed by atoms with E-state index in [0.29, 0.717) is 6.04 Å². The van der Waals surface area contributed by atoms with E-state index in [1.807, 2.05) is 0 Å². The Morgan fingerprint density at radius 3 is 2.12 bits per heavy atom. The second-order valence-corrected chi connectivity index (χ2v) is 4.45. The highest BCUT2D eigenvalue weighted by atomic mass is 16.1. The van der Waals surface area contributed by atoms with E-state index in [9.17, 15) is 4.79 Å². The molecule has 0 atom stereocenters. The highest BCUT2D eigenvalue weighted by molar-refractivity contribution is 5.96. The molecule has 0 radical (unpaired) electrons. The van der Waals surface area contributed by atoms with Crippen molar-refractivity contribution in [2.24, 2.45) is 0 Å². The predicted molar refractivity (Wildman–Crippen MR) is 70.6 cm³/mol. The number of aromatic nitrogens is 2. The molecule has 1 rings (SSSR count). The first kappa shape index (κ1) is 13.9. The van der Waals surface area contributed by atoms with E-state index >= 15 is 0 Å². The third-order valence-electron chi connectivity index (χ3n) is 3.39. The fourth-order valence-corrected chi connectivity index (χ4v) is 2.45. The monoisotopic (exact) mass is 236 g/mol. The van der Waals surface area contributed by atoms with E-state index in [1.165, 1.54) is 0 Å². The van der Waals surface area contributed by atoms with Crippen molar-refractivity contribution in [1.82, 2.24) is 9.78 Å². The van der Waals surface area contributed by atoms with Crippen LogP contribution in [0.5, 0.6) is 0 Å². The average molecular weight is 236 g/mol. The minimum absolute atomic E-state index is 0.149. The van der Waals surface area contributed by atoms with Gasteiger partial charge in [0.2, 0.25) is 0 Å². The molecule has 0 aliphatic heterocycles. The molecule has 96 valence electrons. The zero-order chi connectivity index (χ0) is 13.0. The highest BCUT2D eigenvalue weighted by Crippen LogP contribution is 2.24. The van der Waals surface area contributed by atoms with Crippen molar-refractivity contribution in [2.75, 3.05) is 0 Å². The summed E-state index contributed by atoms with van der Waals surface area (Å²) < 4.78 is 2.09. The summed E-state index contributed by atoms with van der Waals surface area (Å²) >= 11 is 0. The lowest BCUT2D eigenvalue weighted by Gasteiger charge is -2.16. The van der Waals surface area contributed by atoms with Gasteiger partial charge in [-0.25, -0.2) is 0 Å². The Labute approximate surface area is 104 Å². The summed E-state index contributed by atoms with van der Waals surface area (Å²) in [6.07, 6.45) is 3.82. The lowest BCUT2D eigenvalue weighted by Crippen LogP contribution is -2.13. The van der Waals surface area contributed by atoms with Crippen molar-refractivity contribution < 1.29 is 4.79 Å². The maximum Gasteiger partial charge on any atom is 0.163 e. The van der Waals surface area contributed by atoms with E-state index in [1.54, 1.807) is 6.92 Å². The van der Waals surface area contributed by atoms with Gasteiger partial charge in [0.25, 0.3) is 0 Å². The lowest BCUT2D eigenvalue weighted by atomic mass is 10.1. The molecule has 0 aliphatic rings. The van der Waals surface area contributed by atoms with Crippen LogP contribution in [-0.4, -0.2) is 15.6 Å². The topological polar surface area (TPSA) is 34.9 Å². The summed E-state index contributed by atoms with van der Waals surface area (Å²) in [5, 5.41) is 4.66. The number of hydrogen-bond acceptors (Lipinski definition) is 2. The van der Waals surface area contributed by atoms with Gasteiger partial charge in [-0.15, -0.1) is 0 Å². The molecule has 0 aliphatic carbocycles. The molecule has 1 aromatic heterocycles. The van der Waals surface area contributed by atoms with E-state index < -0.39 is 0 Å². The van der Waals surface area contributed by atoms with E-state index in [2.05, 4.69) is 37.5 Å². The number of nitrogens with zero attached hydrogens (tertiary/aromatic N) is 2. The first-order valence-corrected chi connectivity index (χ1v) is 6.71. The molecular weight excluding hydrogens is 212 g/mol. The maximum absolute atomic E-state index is 11.8. The van der Waals surface area contributed by atoms with Crippen molar-refractivity contribution in [3.8, 4) is 0 Å². The van der Waals surface area contributed by atoms with Crippen LogP contribution < -0.4 is 0 Å². The van der Waals surface area contributed by atoms with Crippen molar-refractivity contribution in [3.63, 3.8) is 0 Å².